The first-order chi connectivity index (χ1) is 15.3. The number of ether oxygens (including phenoxy) is 1. The molecule has 0 fully saturated rings. The van der Waals surface area contributed by atoms with Crippen LogP contribution in [0.4, 0.5) is 11.4 Å². The van der Waals surface area contributed by atoms with Crippen molar-refractivity contribution >= 4 is 44.9 Å². The number of nitro groups is 1. The van der Waals surface area contributed by atoms with Crippen LogP contribution in [0.25, 0.3) is 0 Å². The predicted octanol–water partition coefficient (Wildman–Crippen LogP) is 2.07. The minimum Gasteiger partial charge on any atom is -0.454 e. The van der Waals surface area contributed by atoms with Gasteiger partial charge in [0, 0.05) is 11.1 Å². The summed E-state index contributed by atoms with van der Waals surface area (Å²) in [7, 11) is -4.22. The highest BCUT2D eigenvalue weighted by Gasteiger charge is 2.31. The smallest absolute Gasteiger partial charge is 0.327 e. The molecule has 178 valence electrons. The molecule has 0 spiro atoms. The van der Waals surface area contributed by atoms with E-state index in [2.05, 4.69) is 5.32 Å². The molecule has 0 aliphatic rings. The number of hydrogen-bond donors (Lipinski definition) is 3. The van der Waals surface area contributed by atoms with Crippen LogP contribution in [0.1, 0.15) is 18.1 Å². The molecule has 0 radical (unpaired) electrons. The molecular weight excluding hydrogens is 478 g/mol. The fourth-order valence-electron chi connectivity index (χ4n) is 2.66. The van der Waals surface area contributed by atoms with E-state index in [1.165, 1.54) is 36.4 Å². The molecule has 0 bridgehead atoms. The van der Waals surface area contributed by atoms with Crippen LogP contribution in [0.5, 0.6) is 0 Å². The van der Waals surface area contributed by atoms with Gasteiger partial charge in [-0.15, -0.1) is 0 Å². The minimum atomic E-state index is -4.22. The van der Waals surface area contributed by atoms with Gasteiger partial charge in [-0.1, -0.05) is 11.6 Å². The van der Waals surface area contributed by atoms with E-state index in [0.717, 1.165) is 6.92 Å². The average Bonchev–Trinajstić information content (AvgIpc) is 2.72. The molecule has 0 heterocycles. The average molecular weight is 500 g/mol. The molecule has 3 N–H and O–H groups in total. The molecule has 2 aromatic rings. The third-order valence-corrected chi connectivity index (χ3v) is 6.28. The van der Waals surface area contributed by atoms with E-state index in [1.807, 2.05) is 4.72 Å². The Morgan fingerprint density at radius 2 is 1.76 bits per heavy atom. The number of anilines is 1. The van der Waals surface area contributed by atoms with Crippen LogP contribution in [-0.2, 0) is 24.3 Å². The lowest BCUT2D eigenvalue weighted by Gasteiger charge is -2.20. The Labute approximate surface area is 194 Å². The third kappa shape index (κ3) is 6.96. The summed E-state index contributed by atoms with van der Waals surface area (Å²) < 4.78 is 31.8. The number of nitro benzene ring substituents is 1. The van der Waals surface area contributed by atoms with Gasteiger partial charge >= 0.3 is 5.97 Å². The molecule has 0 saturated heterocycles. The highest BCUT2D eigenvalue weighted by atomic mass is 35.5. The molecule has 0 saturated carbocycles. The summed E-state index contributed by atoms with van der Waals surface area (Å²) in [4.78, 5) is 34.9. The zero-order chi connectivity index (χ0) is 24.9. The Bertz CT molecular complexity index is 1170. The van der Waals surface area contributed by atoms with E-state index in [1.54, 1.807) is 13.8 Å². The molecule has 2 aromatic carbocycles. The van der Waals surface area contributed by atoms with Crippen molar-refractivity contribution in [3.8, 4) is 0 Å². The molecule has 2 atom stereocenters. The second-order valence-electron chi connectivity index (χ2n) is 7.16. The van der Waals surface area contributed by atoms with Gasteiger partial charge in [-0.2, -0.15) is 4.72 Å². The van der Waals surface area contributed by atoms with E-state index in [9.17, 15) is 33.2 Å². The number of hydrogen-bond acceptors (Lipinski definition) is 8. The first-order valence-electron chi connectivity index (χ1n) is 9.50. The van der Waals surface area contributed by atoms with E-state index < -0.39 is 45.6 Å². The highest BCUT2D eigenvalue weighted by Crippen LogP contribution is 2.27. The lowest BCUT2D eigenvalue weighted by Crippen LogP contribution is -2.48. The third-order valence-electron chi connectivity index (χ3n) is 4.57. The van der Waals surface area contributed by atoms with Crippen LogP contribution in [0.3, 0.4) is 0 Å². The molecule has 0 unspecified atom stereocenters. The number of benzene rings is 2. The second kappa shape index (κ2) is 10.7. The van der Waals surface area contributed by atoms with Gasteiger partial charge in [0.15, 0.2) is 6.61 Å². The van der Waals surface area contributed by atoms with E-state index in [0.29, 0.717) is 16.1 Å². The van der Waals surface area contributed by atoms with Gasteiger partial charge in [-0.05, 0) is 62.2 Å². The van der Waals surface area contributed by atoms with Gasteiger partial charge in [0.05, 0.1) is 15.9 Å². The Kier molecular flexibility index (Phi) is 8.50. The summed E-state index contributed by atoms with van der Waals surface area (Å²) in [6.07, 6.45) is -1.50. The van der Waals surface area contributed by atoms with Crippen LogP contribution in [0.2, 0.25) is 5.02 Å². The van der Waals surface area contributed by atoms with Crippen molar-refractivity contribution in [1.82, 2.24) is 4.72 Å². The van der Waals surface area contributed by atoms with Crippen LogP contribution in [-0.4, -0.2) is 49.1 Å². The number of aliphatic hydroxyl groups excluding tert-OH is 1. The number of halogens is 1. The van der Waals surface area contributed by atoms with Gasteiger partial charge < -0.3 is 15.2 Å². The van der Waals surface area contributed by atoms with Crippen molar-refractivity contribution in [1.29, 1.82) is 0 Å². The van der Waals surface area contributed by atoms with Gasteiger partial charge in [-0.25, -0.2) is 8.42 Å². The molecule has 1 amide bonds. The fourth-order valence-corrected chi connectivity index (χ4v) is 4.04. The number of amides is 1. The number of carbonyl (C=O) groups is 2. The van der Waals surface area contributed by atoms with E-state index in [-0.39, 0.29) is 16.3 Å². The number of nitrogens with one attached hydrogen (secondary N) is 2. The molecule has 0 aliphatic carbocycles. The number of carbonyl (C=O) groups excluding carboxylic acids is 2. The summed E-state index contributed by atoms with van der Waals surface area (Å²) in [5.74, 6) is -2.10. The van der Waals surface area contributed by atoms with E-state index >= 15 is 0 Å². The molecule has 0 aliphatic heterocycles. The summed E-state index contributed by atoms with van der Waals surface area (Å²) in [6, 6.07) is 6.08. The van der Waals surface area contributed by atoms with Crippen LogP contribution < -0.4 is 10.0 Å². The maximum Gasteiger partial charge on any atom is 0.327 e. The maximum absolute atomic E-state index is 12.5. The zero-order valence-corrected chi connectivity index (χ0v) is 19.4. The molecule has 13 heteroatoms. The topological polar surface area (TPSA) is 165 Å². The van der Waals surface area contributed by atoms with Crippen LogP contribution in [0, 0.1) is 24.0 Å². The number of aliphatic hydroxyl groups is 1. The number of nitrogens with zero attached hydrogens (tertiary/aromatic N) is 1. The first-order valence-corrected chi connectivity index (χ1v) is 11.4. The lowest BCUT2D eigenvalue weighted by molar-refractivity contribution is -0.384. The van der Waals surface area contributed by atoms with Crippen molar-refractivity contribution in [2.75, 3.05) is 11.9 Å². The van der Waals surface area contributed by atoms with Crippen molar-refractivity contribution in [2.45, 2.75) is 37.8 Å². The zero-order valence-electron chi connectivity index (χ0n) is 17.9. The van der Waals surface area contributed by atoms with Gasteiger partial charge in [-0.3, -0.25) is 19.7 Å². The van der Waals surface area contributed by atoms with Crippen molar-refractivity contribution in [3.05, 3.63) is 62.7 Å². The predicted molar refractivity (Wildman–Crippen MR) is 119 cm³/mol. The SMILES string of the molecule is Cc1cc(NC(=O)COC(=O)[C@@H](NS(=O)(=O)c2ccc(Cl)cc2)[C@H](C)O)c([N+](=O)[O-])cc1C. The summed E-state index contributed by atoms with van der Waals surface area (Å²) in [5.41, 5.74) is 0.924. The Morgan fingerprint density at radius 1 is 1.18 bits per heavy atom. The molecule has 2 rings (SSSR count). The van der Waals surface area contributed by atoms with Crippen molar-refractivity contribution in [2.24, 2.45) is 0 Å². The molecular formula is C20H22ClN3O8S. The summed E-state index contributed by atoms with van der Waals surface area (Å²) in [5, 5.41) is 23.7. The summed E-state index contributed by atoms with van der Waals surface area (Å²) in [6.45, 7) is 3.68. The van der Waals surface area contributed by atoms with Gasteiger partial charge in [0.25, 0.3) is 11.6 Å². The van der Waals surface area contributed by atoms with Crippen molar-refractivity contribution in [3.63, 3.8) is 0 Å². The van der Waals surface area contributed by atoms with Crippen LogP contribution >= 0.6 is 11.6 Å². The Hall–Kier alpha value is -3.06. The molecule has 0 aromatic heterocycles. The van der Waals surface area contributed by atoms with Gasteiger partial charge in [0.2, 0.25) is 10.0 Å². The van der Waals surface area contributed by atoms with E-state index in [4.69, 9.17) is 16.3 Å². The number of sulfonamides is 1. The summed E-state index contributed by atoms with van der Waals surface area (Å²) >= 11 is 5.74. The Balaban J connectivity index is 2.08. The van der Waals surface area contributed by atoms with Gasteiger partial charge in [0.1, 0.15) is 11.7 Å². The standard InChI is InChI=1S/C20H22ClN3O8S/c1-11-8-16(17(24(28)29)9-12(11)2)22-18(26)10-32-20(27)19(13(3)25)23-33(30,31)15-6-4-14(21)5-7-15/h4-9,13,19,23,25H,10H2,1-3H3,(H,22,26)/t13-,19-/m0/s1. The number of esters is 1. The molecule has 33 heavy (non-hydrogen) atoms. The fraction of sp³-hybridized carbons (Fsp3) is 0.300. The van der Waals surface area contributed by atoms with Crippen molar-refractivity contribution < 1.29 is 32.8 Å². The second-order valence-corrected chi connectivity index (χ2v) is 9.31. The Morgan fingerprint density at radius 3 is 2.30 bits per heavy atom. The highest BCUT2D eigenvalue weighted by molar-refractivity contribution is 7.89. The van der Waals surface area contributed by atoms with Crippen LogP contribution in [0.15, 0.2) is 41.3 Å². The number of rotatable bonds is 9. The normalized spacial score (nSPS) is 13.1. The largest absolute Gasteiger partial charge is 0.454 e. The molecule has 11 nitrogen and oxygen atoms in total. The quantitative estimate of drug-likeness (QED) is 0.268. The monoisotopic (exact) mass is 499 g/mol. The first kappa shape index (κ1) is 26.2. The maximum atomic E-state index is 12.5. The lowest BCUT2D eigenvalue weighted by atomic mass is 10.1. The number of aryl methyl sites for hydroxylation is 2. The minimum absolute atomic E-state index is 0.0836.